The van der Waals surface area contributed by atoms with Crippen LogP contribution in [0.3, 0.4) is 0 Å². The first-order chi connectivity index (χ1) is 9.93. The summed E-state index contributed by atoms with van der Waals surface area (Å²) in [7, 11) is 0. The van der Waals surface area contributed by atoms with Gasteiger partial charge in [0, 0.05) is 5.56 Å². The van der Waals surface area contributed by atoms with E-state index < -0.39 is 0 Å². The summed E-state index contributed by atoms with van der Waals surface area (Å²) in [6.07, 6.45) is 0.627. The summed E-state index contributed by atoms with van der Waals surface area (Å²) in [6, 6.07) is 7.09. The van der Waals surface area contributed by atoms with Crippen LogP contribution in [0.5, 0.6) is 0 Å². The second-order valence-corrected chi connectivity index (χ2v) is 6.52. The second-order valence-electron chi connectivity index (χ2n) is 4.50. The first-order valence-corrected chi connectivity index (χ1v) is 7.83. The van der Waals surface area contributed by atoms with Crippen LogP contribution in [0, 0.1) is 0 Å². The number of Topliss-reactive ketones (excluding diaryl/α,β-unsaturated/α-hetero) is 1. The summed E-state index contributed by atoms with van der Waals surface area (Å²) in [5.41, 5.74) is 1.77. The smallest absolute Gasteiger partial charge is 0.281 e. The Balaban J connectivity index is 2.20. The molecular formula is C15H13Cl2NO2S. The van der Waals surface area contributed by atoms with E-state index in [1.165, 1.54) is 3.96 Å². The fourth-order valence-corrected chi connectivity index (χ4v) is 3.10. The predicted molar refractivity (Wildman–Crippen MR) is 87.9 cm³/mol. The van der Waals surface area contributed by atoms with Gasteiger partial charge >= 0.3 is 0 Å². The van der Waals surface area contributed by atoms with E-state index in [0.717, 1.165) is 17.1 Å². The van der Waals surface area contributed by atoms with E-state index >= 15 is 0 Å². The molecule has 0 aliphatic rings. The fraction of sp³-hybridized carbons (Fsp3) is 0.200. The van der Waals surface area contributed by atoms with Gasteiger partial charge in [-0.05, 0) is 29.1 Å². The van der Waals surface area contributed by atoms with Crippen molar-refractivity contribution in [1.82, 2.24) is 3.96 Å². The lowest BCUT2D eigenvalue weighted by Gasteiger charge is -2.05. The van der Waals surface area contributed by atoms with Gasteiger partial charge in [0.25, 0.3) is 5.56 Å². The number of carbonyl (C=O) groups excluding carboxylic acids is 1. The molecule has 0 saturated carbocycles. The summed E-state index contributed by atoms with van der Waals surface area (Å²) in [5, 5.41) is 0.0488. The highest BCUT2D eigenvalue weighted by Crippen LogP contribution is 2.24. The highest BCUT2D eigenvalue weighted by atomic mass is 35.5. The van der Waals surface area contributed by atoms with E-state index in [0.29, 0.717) is 24.1 Å². The van der Waals surface area contributed by atoms with Crippen LogP contribution in [0.2, 0.25) is 9.36 Å². The molecule has 0 aliphatic heterocycles. The Morgan fingerprint density at radius 2 is 1.90 bits per heavy atom. The predicted octanol–water partition coefficient (Wildman–Crippen LogP) is 4.41. The van der Waals surface area contributed by atoms with E-state index in [2.05, 4.69) is 6.58 Å². The Morgan fingerprint density at radius 3 is 2.38 bits per heavy atom. The Labute approximate surface area is 136 Å². The lowest BCUT2D eigenvalue weighted by Crippen LogP contribution is -2.14. The Hall–Kier alpha value is -1.36. The molecule has 0 radical (unpaired) electrons. The number of nitrogens with zero attached hydrogens (tertiary/aromatic N) is 1. The minimum absolute atomic E-state index is 0.0488. The van der Waals surface area contributed by atoms with Gasteiger partial charge in [-0.1, -0.05) is 61.0 Å². The molecule has 2 aromatic rings. The van der Waals surface area contributed by atoms with Crippen molar-refractivity contribution in [2.45, 2.75) is 19.9 Å². The van der Waals surface area contributed by atoms with Crippen LogP contribution in [-0.4, -0.2) is 9.74 Å². The molecule has 0 bridgehead atoms. The lowest BCUT2D eigenvalue weighted by atomic mass is 10.0. The number of halogens is 2. The van der Waals surface area contributed by atoms with Crippen LogP contribution in [0.4, 0.5) is 0 Å². The summed E-state index contributed by atoms with van der Waals surface area (Å²) in [5.74, 6) is -0.0524. The minimum Gasteiger partial charge on any atom is -0.289 e. The molecule has 1 aromatic heterocycles. The van der Waals surface area contributed by atoms with E-state index in [-0.39, 0.29) is 20.7 Å². The third-order valence-electron chi connectivity index (χ3n) is 3.07. The van der Waals surface area contributed by atoms with Crippen molar-refractivity contribution < 1.29 is 4.79 Å². The van der Waals surface area contributed by atoms with Crippen molar-refractivity contribution in [2.75, 3.05) is 0 Å². The Kier molecular flexibility index (Phi) is 5.04. The van der Waals surface area contributed by atoms with Crippen LogP contribution in [-0.2, 0) is 6.54 Å². The van der Waals surface area contributed by atoms with Crippen LogP contribution in [0.25, 0.3) is 0 Å². The number of carbonyl (C=O) groups is 1. The first kappa shape index (κ1) is 16.0. The average Bonchev–Trinajstić information content (AvgIpc) is 2.74. The van der Waals surface area contributed by atoms with Crippen LogP contribution in [0.1, 0.15) is 29.3 Å². The molecule has 2 rings (SSSR count). The van der Waals surface area contributed by atoms with Crippen molar-refractivity contribution in [3.8, 4) is 0 Å². The highest BCUT2D eigenvalue weighted by molar-refractivity contribution is 7.11. The molecule has 0 saturated heterocycles. The summed E-state index contributed by atoms with van der Waals surface area (Å²) in [6.45, 7) is 6.01. The molecule has 1 heterocycles. The summed E-state index contributed by atoms with van der Waals surface area (Å²) >= 11 is 12.7. The molecule has 0 spiro atoms. The largest absolute Gasteiger partial charge is 0.289 e. The maximum absolute atomic E-state index is 12.0. The van der Waals surface area contributed by atoms with Gasteiger partial charge in [-0.3, -0.25) is 13.5 Å². The SMILES string of the molecule is C=C(CC)C(=O)c1ccc(Cn2sc(Cl)c(Cl)c2=O)cc1. The van der Waals surface area contributed by atoms with E-state index in [9.17, 15) is 9.59 Å². The zero-order valence-corrected chi connectivity index (χ0v) is 13.7. The van der Waals surface area contributed by atoms with Gasteiger partial charge in [0.2, 0.25) is 0 Å². The standard InChI is InChI=1S/C15H13Cl2NO2S/c1-3-9(2)13(19)11-6-4-10(5-7-11)8-18-15(20)12(16)14(17)21-18/h4-7H,2-3,8H2,1H3. The monoisotopic (exact) mass is 341 g/mol. The zero-order valence-electron chi connectivity index (χ0n) is 11.4. The molecule has 21 heavy (non-hydrogen) atoms. The van der Waals surface area contributed by atoms with E-state index in [1.54, 1.807) is 12.1 Å². The van der Waals surface area contributed by atoms with E-state index in [4.69, 9.17) is 23.2 Å². The van der Waals surface area contributed by atoms with Crippen LogP contribution in [0.15, 0.2) is 41.2 Å². The molecule has 0 amide bonds. The maximum atomic E-state index is 12.0. The average molecular weight is 342 g/mol. The molecule has 110 valence electrons. The third kappa shape index (κ3) is 3.46. The van der Waals surface area contributed by atoms with Gasteiger partial charge in [-0.15, -0.1) is 0 Å². The summed E-state index contributed by atoms with van der Waals surface area (Å²) in [4.78, 5) is 23.7. The lowest BCUT2D eigenvalue weighted by molar-refractivity contribution is 0.103. The number of hydrogen-bond acceptors (Lipinski definition) is 3. The molecule has 3 nitrogen and oxygen atoms in total. The number of aromatic nitrogens is 1. The number of rotatable bonds is 5. The van der Waals surface area contributed by atoms with Gasteiger partial charge in [-0.25, -0.2) is 0 Å². The summed E-state index contributed by atoms with van der Waals surface area (Å²) < 4.78 is 1.76. The molecule has 0 atom stereocenters. The molecule has 0 fully saturated rings. The quantitative estimate of drug-likeness (QED) is 0.596. The number of hydrogen-bond donors (Lipinski definition) is 0. The third-order valence-corrected chi connectivity index (χ3v) is 4.90. The van der Waals surface area contributed by atoms with Crippen molar-refractivity contribution in [1.29, 1.82) is 0 Å². The van der Waals surface area contributed by atoms with Gasteiger partial charge in [0.15, 0.2) is 5.78 Å². The zero-order chi connectivity index (χ0) is 15.6. The number of ketones is 1. The highest BCUT2D eigenvalue weighted by Gasteiger charge is 2.12. The van der Waals surface area contributed by atoms with Gasteiger partial charge in [0.05, 0.1) is 6.54 Å². The topological polar surface area (TPSA) is 39.1 Å². The van der Waals surface area contributed by atoms with Crippen molar-refractivity contribution in [2.24, 2.45) is 0 Å². The first-order valence-electron chi connectivity index (χ1n) is 6.30. The minimum atomic E-state index is -0.300. The van der Waals surface area contributed by atoms with Gasteiger partial charge in [-0.2, -0.15) is 0 Å². The van der Waals surface area contributed by atoms with E-state index in [1.807, 2.05) is 19.1 Å². The molecule has 1 aromatic carbocycles. The molecule has 0 unspecified atom stereocenters. The van der Waals surface area contributed by atoms with Crippen LogP contribution < -0.4 is 5.56 Å². The maximum Gasteiger partial charge on any atom is 0.281 e. The van der Waals surface area contributed by atoms with Crippen LogP contribution >= 0.6 is 34.7 Å². The number of allylic oxidation sites excluding steroid dienone is 1. The van der Waals surface area contributed by atoms with Gasteiger partial charge < -0.3 is 0 Å². The normalized spacial score (nSPS) is 10.6. The van der Waals surface area contributed by atoms with Crippen molar-refractivity contribution in [3.63, 3.8) is 0 Å². The fourth-order valence-electron chi connectivity index (χ4n) is 1.77. The molecule has 0 aliphatic carbocycles. The van der Waals surface area contributed by atoms with Gasteiger partial charge in [0.1, 0.15) is 9.36 Å². The molecular weight excluding hydrogens is 329 g/mol. The van der Waals surface area contributed by atoms with Crippen molar-refractivity contribution in [3.05, 3.63) is 67.3 Å². The Morgan fingerprint density at radius 1 is 1.29 bits per heavy atom. The molecule has 0 N–H and O–H groups in total. The number of benzene rings is 1. The Bertz CT molecular complexity index is 744. The molecule has 6 heteroatoms. The van der Waals surface area contributed by atoms with Crippen molar-refractivity contribution >= 4 is 40.5 Å². The second kappa shape index (κ2) is 6.60.